The molecule has 6 aromatic rings. The van der Waals surface area contributed by atoms with Crippen molar-refractivity contribution in [3.8, 4) is 33.4 Å². The van der Waals surface area contributed by atoms with Gasteiger partial charge < -0.3 is 21.5 Å². The highest BCUT2D eigenvalue weighted by molar-refractivity contribution is 9.10. The molecule has 216 valence electrons. The average Bonchev–Trinajstić information content (AvgIpc) is 3.04. The molecule has 0 aliphatic heterocycles. The van der Waals surface area contributed by atoms with E-state index in [4.69, 9.17) is 11.5 Å². The smallest absolute Gasteiger partial charge is 0.423 e. The molecule has 43 heavy (non-hydrogen) atoms. The summed E-state index contributed by atoms with van der Waals surface area (Å²) in [6.45, 7) is 0. The molecule has 0 atom stereocenters. The number of nitrogen functional groups attached to an aromatic ring is 2. The van der Waals surface area contributed by atoms with E-state index in [2.05, 4.69) is 64.5 Å². The van der Waals surface area contributed by atoms with Gasteiger partial charge in [-0.2, -0.15) is 0 Å². The van der Waals surface area contributed by atoms with E-state index >= 15 is 0 Å². The van der Waals surface area contributed by atoms with Crippen molar-refractivity contribution in [2.45, 2.75) is 7.43 Å². The molecule has 0 spiro atoms. The fourth-order valence-corrected chi connectivity index (χ4v) is 4.69. The number of hydrogen-bond acceptors (Lipinski definition) is 4. The molecule has 0 aliphatic carbocycles. The Morgan fingerprint density at radius 1 is 0.419 bits per heavy atom. The van der Waals surface area contributed by atoms with Gasteiger partial charge in [0.1, 0.15) is 0 Å². The van der Waals surface area contributed by atoms with E-state index in [1.54, 1.807) is 12.1 Å². The Labute approximate surface area is 263 Å². The van der Waals surface area contributed by atoms with Gasteiger partial charge >= 0.3 is 7.12 Å². The number of benzene rings is 6. The number of nitrogens with two attached hydrogens (primary N) is 2. The lowest BCUT2D eigenvalue weighted by Gasteiger charge is -2.11. The highest BCUT2D eigenvalue weighted by atomic mass is 79.9. The van der Waals surface area contributed by atoms with Gasteiger partial charge in [0.15, 0.2) is 0 Å². The maximum absolute atomic E-state index is 9.22. The quantitative estimate of drug-likeness (QED) is 0.116. The largest absolute Gasteiger partial charge is 0.489 e. The molecular formula is C37H36BBrN2O2. The summed E-state index contributed by atoms with van der Waals surface area (Å²) in [7, 11) is -1.43. The van der Waals surface area contributed by atoms with Gasteiger partial charge in [-0.25, -0.2) is 0 Å². The molecule has 6 heteroatoms. The number of halogens is 1. The molecule has 0 radical (unpaired) electrons. The molecule has 4 nitrogen and oxygen atoms in total. The van der Waals surface area contributed by atoms with E-state index < -0.39 is 7.12 Å². The van der Waals surface area contributed by atoms with Crippen LogP contribution < -0.4 is 16.9 Å². The SMILES string of the molecule is C.Nc1ccccc1-c1ccccc1-c1ccccc1.Nc1ccccc1Br.OB(O)c1ccccc1-c1ccccc1. The lowest BCUT2D eigenvalue weighted by molar-refractivity contribution is 0.426. The topological polar surface area (TPSA) is 92.5 Å². The zero-order valence-electron chi connectivity index (χ0n) is 23.0. The van der Waals surface area contributed by atoms with Gasteiger partial charge in [0.25, 0.3) is 0 Å². The fraction of sp³-hybridized carbons (Fsp3) is 0.0270. The number of anilines is 2. The van der Waals surface area contributed by atoms with Crippen LogP contribution in [0.2, 0.25) is 0 Å². The van der Waals surface area contributed by atoms with Crippen molar-refractivity contribution in [2.24, 2.45) is 0 Å². The van der Waals surface area contributed by atoms with Crippen LogP contribution in [0.1, 0.15) is 7.43 Å². The zero-order valence-corrected chi connectivity index (χ0v) is 24.6. The lowest BCUT2D eigenvalue weighted by Crippen LogP contribution is -2.31. The summed E-state index contributed by atoms with van der Waals surface area (Å²) in [5.41, 5.74) is 20.2. The number of para-hydroxylation sites is 2. The summed E-state index contributed by atoms with van der Waals surface area (Å²) in [4.78, 5) is 0. The second-order valence-corrected chi connectivity index (χ2v) is 10.2. The van der Waals surface area contributed by atoms with Crippen LogP contribution >= 0.6 is 15.9 Å². The van der Waals surface area contributed by atoms with Crippen molar-refractivity contribution in [1.82, 2.24) is 0 Å². The van der Waals surface area contributed by atoms with E-state index in [1.165, 1.54) is 16.7 Å². The molecule has 0 unspecified atom stereocenters. The van der Waals surface area contributed by atoms with E-state index in [0.717, 1.165) is 32.5 Å². The molecule has 6 aromatic carbocycles. The van der Waals surface area contributed by atoms with Crippen LogP contribution in [0.15, 0.2) is 162 Å². The van der Waals surface area contributed by atoms with E-state index in [9.17, 15) is 10.0 Å². The van der Waals surface area contributed by atoms with Crippen molar-refractivity contribution >= 4 is 39.9 Å². The fourth-order valence-electron chi connectivity index (χ4n) is 4.41. The van der Waals surface area contributed by atoms with Gasteiger partial charge in [-0.3, -0.25) is 0 Å². The summed E-state index contributed by atoms with van der Waals surface area (Å²) in [5, 5.41) is 18.4. The minimum atomic E-state index is -1.43. The summed E-state index contributed by atoms with van der Waals surface area (Å²) in [6, 6.07) is 51.3. The van der Waals surface area contributed by atoms with E-state index in [0.29, 0.717) is 5.46 Å². The average molecular weight is 631 g/mol. The first-order valence-corrected chi connectivity index (χ1v) is 14.2. The number of hydrogen-bond donors (Lipinski definition) is 4. The van der Waals surface area contributed by atoms with Crippen LogP contribution in [-0.4, -0.2) is 17.2 Å². The Bertz CT molecular complexity index is 1680. The van der Waals surface area contributed by atoms with Crippen molar-refractivity contribution in [1.29, 1.82) is 0 Å². The molecule has 0 heterocycles. The molecular weight excluding hydrogens is 595 g/mol. The van der Waals surface area contributed by atoms with E-state index in [1.807, 2.05) is 97.1 Å². The maximum atomic E-state index is 9.22. The third-order valence-electron chi connectivity index (χ3n) is 6.49. The lowest BCUT2D eigenvalue weighted by atomic mass is 9.75. The summed E-state index contributed by atoms with van der Waals surface area (Å²) < 4.78 is 0.958. The summed E-state index contributed by atoms with van der Waals surface area (Å²) in [5.74, 6) is 0. The molecule has 0 fully saturated rings. The van der Waals surface area contributed by atoms with Crippen LogP contribution in [-0.2, 0) is 0 Å². The van der Waals surface area contributed by atoms with Crippen LogP contribution in [0.4, 0.5) is 11.4 Å². The Morgan fingerprint density at radius 3 is 1.30 bits per heavy atom. The van der Waals surface area contributed by atoms with Crippen molar-refractivity contribution in [3.63, 3.8) is 0 Å². The normalized spacial score (nSPS) is 9.74. The minimum Gasteiger partial charge on any atom is -0.423 e. The molecule has 0 aliphatic rings. The van der Waals surface area contributed by atoms with Crippen LogP contribution in [0, 0.1) is 0 Å². The third-order valence-corrected chi connectivity index (χ3v) is 7.21. The van der Waals surface area contributed by atoms with Gasteiger partial charge in [-0.15, -0.1) is 0 Å². The summed E-state index contributed by atoms with van der Waals surface area (Å²) in [6.07, 6.45) is 0. The second kappa shape index (κ2) is 16.7. The Kier molecular flexibility index (Phi) is 12.8. The highest BCUT2D eigenvalue weighted by Gasteiger charge is 2.15. The van der Waals surface area contributed by atoms with Crippen molar-refractivity contribution in [2.75, 3.05) is 11.5 Å². The Morgan fingerprint density at radius 2 is 0.814 bits per heavy atom. The maximum Gasteiger partial charge on any atom is 0.489 e. The minimum absolute atomic E-state index is 0. The van der Waals surface area contributed by atoms with Gasteiger partial charge in [0.05, 0.1) is 0 Å². The van der Waals surface area contributed by atoms with Crippen molar-refractivity contribution in [3.05, 3.63) is 162 Å². The molecule has 0 aromatic heterocycles. The summed E-state index contributed by atoms with van der Waals surface area (Å²) >= 11 is 3.27. The third kappa shape index (κ3) is 9.19. The van der Waals surface area contributed by atoms with E-state index in [-0.39, 0.29) is 7.43 Å². The predicted molar refractivity (Wildman–Crippen MR) is 189 cm³/mol. The van der Waals surface area contributed by atoms with Gasteiger partial charge in [-0.1, -0.05) is 147 Å². The second-order valence-electron chi connectivity index (χ2n) is 9.35. The molecule has 6 N–H and O–H groups in total. The predicted octanol–water partition coefficient (Wildman–Crippen LogP) is 8.30. The van der Waals surface area contributed by atoms with Crippen LogP contribution in [0.3, 0.4) is 0 Å². The van der Waals surface area contributed by atoms with Gasteiger partial charge in [0.2, 0.25) is 0 Å². The zero-order chi connectivity index (χ0) is 29.7. The molecule has 6 rings (SSSR count). The number of rotatable bonds is 4. The first kappa shape index (κ1) is 32.9. The van der Waals surface area contributed by atoms with Gasteiger partial charge in [-0.05, 0) is 67.4 Å². The monoisotopic (exact) mass is 630 g/mol. The highest BCUT2D eigenvalue weighted by Crippen LogP contribution is 2.34. The standard InChI is InChI=1S/C18H15N.C12H11BO2.C6H6BrN.CH4/c19-18-13-7-6-12-17(18)16-11-5-4-10-15(16)14-8-2-1-3-9-14;14-13(15)12-9-5-4-8-11(12)10-6-2-1-3-7-10;7-5-3-1-2-4-6(5)8;/h1-13H,19H2;1-9,14-15H;1-4H,8H2;1H4. The molecule has 0 bridgehead atoms. The van der Waals surface area contributed by atoms with Crippen LogP contribution in [0.5, 0.6) is 0 Å². The van der Waals surface area contributed by atoms with Gasteiger partial charge in [0, 0.05) is 21.4 Å². The molecule has 0 saturated heterocycles. The first-order chi connectivity index (χ1) is 20.5. The molecule has 0 saturated carbocycles. The van der Waals surface area contributed by atoms with Crippen molar-refractivity contribution < 1.29 is 10.0 Å². The Balaban J connectivity index is 0.000000188. The Hall–Kier alpha value is -4.62. The first-order valence-electron chi connectivity index (χ1n) is 13.5. The molecule has 0 amide bonds. The van der Waals surface area contributed by atoms with Crippen LogP contribution in [0.25, 0.3) is 33.4 Å².